The number of carbonyl (C=O) groups excluding carboxylic acids is 1. The fourth-order valence-corrected chi connectivity index (χ4v) is 3.50. The lowest BCUT2D eigenvalue weighted by Gasteiger charge is -2.25. The van der Waals surface area contributed by atoms with Crippen molar-refractivity contribution in [2.24, 2.45) is 0 Å². The van der Waals surface area contributed by atoms with Crippen LogP contribution in [-0.2, 0) is 17.5 Å². The molecule has 1 aromatic heterocycles. The van der Waals surface area contributed by atoms with Crippen LogP contribution in [0.4, 0.5) is 23.7 Å². The zero-order valence-electron chi connectivity index (χ0n) is 19.0. The maximum atomic E-state index is 13.4. The van der Waals surface area contributed by atoms with Crippen molar-refractivity contribution in [1.82, 2.24) is 9.55 Å². The summed E-state index contributed by atoms with van der Waals surface area (Å²) in [5.74, 6) is -0.0636. The summed E-state index contributed by atoms with van der Waals surface area (Å²) in [6.07, 6.45) is -4.10. The Morgan fingerprint density at radius 3 is 2.32 bits per heavy atom. The molecule has 0 aliphatic heterocycles. The summed E-state index contributed by atoms with van der Waals surface area (Å²) < 4.78 is 47.1. The monoisotopic (exact) mass is 493 g/mol. The van der Waals surface area contributed by atoms with Gasteiger partial charge in [0.15, 0.2) is 0 Å². The smallest absolute Gasteiger partial charge is 0.417 e. The Bertz CT molecular complexity index is 1250. The van der Waals surface area contributed by atoms with E-state index in [2.05, 4.69) is 4.98 Å². The molecule has 0 aliphatic carbocycles. The summed E-state index contributed by atoms with van der Waals surface area (Å²) in [5.41, 5.74) is -2.02. The number of nitrogens with zero attached hydrogens (tertiary/aromatic N) is 3. The average Bonchev–Trinajstić information content (AvgIpc) is 2.73. The van der Waals surface area contributed by atoms with Crippen LogP contribution < -0.4 is 10.5 Å². The number of carbonyl (C=O) groups is 1. The molecule has 0 aliphatic rings. The van der Waals surface area contributed by atoms with Gasteiger partial charge in [-0.15, -0.1) is 0 Å². The van der Waals surface area contributed by atoms with Gasteiger partial charge in [0.1, 0.15) is 17.1 Å². The van der Waals surface area contributed by atoms with E-state index in [1.54, 1.807) is 32.9 Å². The van der Waals surface area contributed by atoms with Crippen LogP contribution in [0.1, 0.15) is 31.9 Å². The molecule has 0 spiro atoms. The molecule has 34 heavy (non-hydrogen) atoms. The summed E-state index contributed by atoms with van der Waals surface area (Å²) >= 11 is 6.12. The predicted molar refractivity (Wildman–Crippen MR) is 124 cm³/mol. The Labute approximate surface area is 199 Å². The van der Waals surface area contributed by atoms with Crippen LogP contribution in [0.3, 0.4) is 0 Å². The lowest BCUT2D eigenvalue weighted by Crippen LogP contribution is -2.37. The normalized spacial score (nSPS) is 11.9. The van der Waals surface area contributed by atoms with E-state index in [1.807, 2.05) is 18.2 Å². The number of amides is 1. The minimum Gasteiger partial charge on any atom is -0.443 e. The minimum absolute atomic E-state index is 0.0593. The summed E-state index contributed by atoms with van der Waals surface area (Å²) in [5, 5.41) is -0.572. The van der Waals surface area contributed by atoms with Gasteiger partial charge >= 0.3 is 12.3 Å². The molecule has 3 rings (SSSR count). The van der Waals surface area contributed by atoms with E-state index < -0.39 is 34.0 Å². The standard InChI is InChI=1S/C24H23ClF3N3O3/c1-23(2,3)34-22(33)30(4)18-14-31(13-15-9-6-5-7-10-15)20(29-21(18)32)16-11-8-12-17(19(16)25)24(26,27)28/h5-12,14H,13H2,1-4H3. The second-order valence-electron chi connectivity index (χ2n) is 8.57. The summed E-state index contributed by atoms with van der Waals surface area (Å²) in [6.45, 7) is 5.21. The third kappa shape index (κ3) is 5.77. The Morgan fingerprint density at radius 2 is 1.74 bits per heavy atom. The van der Waals surface area contributed by atoms with Gasteiger partial charge < -0.3 is 9.30 Å². The van der Waals surface area contributed by atoms with Crippen LogP contribution in [0, 0.1) is 0 Å². The summed E-state index contributed by atoms with van der Waals surface area (Å²) in [7, 11) is 1.36. The molecule has 0 saturated carbocycles. The maximum Gasteiger partial charge on any atom is 0.417 e. The quantitative estimate of drug-likeness (QED) is 0.447. The Hall–Kier alpha value is -3.33. The van der Waals surface area contributed by atoms with Gasteiger partial charge in [0, 0.05) is 25.4 Å². The van der Waals surface area contributed by atoms with Crippen LogP contribution in [0.25, 0.3) is 11.4 Å². The lowest BCUT2D eigenvalue weighted by atomic mass is 10.1. The van der Waals surface area contributed by atoms with Crippen molar-refractivity contribution in [2.75, 3.05) is 11.9 Å². The van der Waals surface area contributed by atoms with Crippen molar-refractivity contribution >= 4 is 23.4 Å². The van der Waals surface area contributed by atoms with Gasteiger partial charge in [0.25, 0.3) is 5.56 Å². The number of hydrogen-bond donors (Lipinski definition) is 0. The fraction of sp³-hybridized carbons (Fsp3) is 0.292. The molecule has 0 bridgehead atoms. The van der Waals surface area contributed by atoms with Crippen molar-refractivity contribution in [1.29, 1.82) is 0 Å². The minimum atomic E-state index is -4.69. The molecule has 1 amide bonds. The topological polar surface area (TPSA) is 64.4 Å². The Morgan fingerprint density at radius 1 is 1.09 bits per heavy atom. The van der Waals surface area contributed by atoms with E-state index in [-0.39, 0.29) is 23.6 Å². The highest BCUT2D eigenvalue weighted by Crippen LogP contribution is 2.39. The third-order valence-electron chi connectivity index (χ3n) is 4.75. The molecule has 3 aromatic rings. The van der Waals surface area contributed by atoms with E-state index in [0.717, 1.165) is 16.5 Å². The molecule has 10 heteroatoms. The molecule has 180 valence electrons. The van der Waals surface area contributed by atoms with Crippen LogP contribution in [0.5, 0.6) is 0 Å². The molecular weight excluding hydrogens is 471 g/mol. The predicted octanol–water partition coefficient (Wildman–Crippen LogP) is 6.00. The Balaban J connectivity index is 2.18. The number of hydrogen-bond acceptors (Lipinski definition) is 4. The number of ether oxygens (including phenoxy) is 1. The van der Waals surface area contributed by atoms with Gasteiger partial charge in [0.2, 0.25) is 0 Å². The van der Waals surface area contributed by atoms with E-state index >= 15 is 0 Å². The number of halogens is 4. The zero-order valence-corrected chi connectivity index (χ0v) is 19.7. The van der Waals surface area contributed by atoms with E-state index in [4.69, 9.17) is 16.3 Å². The second kappa shape index (κ2) is 9.50. The first-order valence-electron chi connectivity index (χ1n) is 10.3. The molecule has 0 atom stereocenters. The molecule has 0 radical (unpaired) electrons. The third-order valence-corrected chi connectivity index (χ3v) is 5.15. The Kier molecular flexibility index (Phi) is 7.07. The number of anilines is 1. The van der Waals surface area contributed by atoms with Gasteiger partial charge in [-0.1, -0.05) is 48.0 Å². The fourth-order valence-electron chi connectivity index (χ4n) is 3.18. The molecule has 2 aromatic carbocycles. The van der Waals surface area contributed by atoms with Crippen LogP contribution in [0.15, 0.2) is 59.5 Å². The highest BCUT2D eigenvalue weighted by Gasteiger charge is 2.34. The molecule has 6 nitrogen and oxygen atoms in total. The van der Waals surface area contributed by atoms with Crippen molar-refractivity contribution < 1.29 is 22.7 Å². The van der Waals surface area contributed by atoms with Gasteiger partial charge in [-0.3, -0.25) is 9.69 Å². The first kappa shape index (κ1) is 25.3. The van der Waals surface area contributed by atoms with Gasteiger partial charge in [0.05, 0.1) is 10.6 Å². The van der Waals surface area contributed by atoms with Crippen LogP contribution >= 0.6 is 11.6 Å². The first-order valence-corrected chi connectivity index (χ1v) is 10.6. The molecule has 0 saturated heterocycles. The van der Waals surface area contributed by atoms with E-state index in [1.165, 1.54) is 29.9 Å². The molecule has 0 N–H and O–H groups in total. The highest BCUT2D eigenvalue weighted by molar-refractivity contribution is 6.34. The van der Waals surface area contributed by atoms with Crippen molar-refractivity contribution in [3.05, 3.63) is 81.2 Å². The van der Waals surface area contributed by atoms with Crippen LogP contribution in [-0.4, -0.2) is 28.3 Å². The number of benzene rings is 2. The van der Waals surface area contributed by atoms with Gasteiger partial charge in [-0.25, -0.2) is 4.79 Å². The highest BCUT2D eigenvalue weighted by atomic mass is 35.5. The molecule has 1 heterocycles. The van der Waals surface area contributed by atoms with Crippen molar-refractivity contribution in [3.8, 4) is 11.4 Å². The average molecular weight is 494 g/mol. The SMILES string of the molecule is CN(C(=O)OC(C)(C)C)c1cn(Cc2ccccc2)c(-c2cccc(C(F)(F)F)c2Cl)nc1=O. The van der Waals surface area contributed by atoms with Crippen molar-refractivity contribution in [3.63, 3.8) is 0 Å². The largest absolute Gasteiger partial charge is 0.443 e. The van der Waals surface area contributed by atoms with Crippen LogP contribution in [0.2, 0.25) is 5.02 Å². The first-order chi connectivity index (χ1) is 15.8. The zero-order chi connectivity index (χ0) is 25.3. The van der Waals surface area contributed by atoms with Gasteiger partial charge in [-0.05, 0) is 38.5 Å². The van der Waals surface area contributed by atoms with E-state index in [9.17, 15) is 22.8 Å². The number of rotatable bonds is 4. The summed E-state index contributed by atoms with van der Waals surface area (Å²) in [6, 6.07) is 12.5. The summed E-state index contributed by atoms with van der Waals surface area (Å²) in [4.78, 5) is 30.5. The number of alkyl halides is 3. The van der Waals surface area contributed by atoms with Crippen molar-refractivity contribution in [2.45, 2.75) is 39.1 Å². The number of aromatic nitrogens is 2. The van der Waals surface area contributed by atoms with E-state index in [0.29, 0.717) is 0 Å². The molecule has 0 unspecified atom stereocenters. The second-order valence-corrected chi connectivity index (χ2v) is 8.95. The molecular formula is C24H23ClF3N3O3. The maximum absolute atomic E-state index is 13.4. The molecule has 0 fully saturated rings. The van der Waals surface area contributed by atoms with Gasteiger partial charge in [-0.2, -0.15) is 18.2 Å². The lowest BCUT2D eigenvalue weighted by molar-refractivity contribution is -0.137.